The summed E-state index contributed by atoms with van der Waals surface area (Å²) in [6.45, 7) is 11.2. The molecule has 0 aromatic carbocycles. The second-order valence-corrected chi connectivity index (χ2v) is 6.32. The van der Waals surface area contributed by atoms with Crippen molar-refractivity contribution in [2.24, 2.45) is 0 Å². The van der Waals surface area contributed by atoms with Crippen molar-refractivity contribution in [3.63, 3.8) is 0 Å². The highest BCUT2D eigenvalue weighted by molar-refractivity contribution is 9.10. The summed E-state index contributed by atoms with van der Waals surface area (Å²) in [5.41, 5.74) is 0. The van der Waals surface area contributed by atoms with Crippen LogP contribution in [0.2, 0.25) is 0 Å². The van der Waals surface area contributed by atoms with Crippen molar-refractivity contribution in [2.75, 3.05) is 26.2 Å². The van der Waals surface area contributed by atoms with Gasteiger partial charge in [-0.1, -0.05) is 20.8 Å². The van der Waals surface area contributed by atoms with Crippen LogP contribution in [0.3, 0.4) is 0 Å². The molecule has 1 aromatic rings. The van der Waals surface area contributed by atoms with E-state index in [1.54, 1.807) is 0 Å². The maximum atomic E-state index is 3.63. The van der Waals surface area contributed by atoms with Gasteiger partial charge in [-0.05, 0) is 66.4 Å². The van der Waals surface area contributed by atoms with Crippen LogP contribution in [-0.2, 0) is 6.42 Å². The third kappa shape index (κ3) is 5.39. The predicted molar refractivity (Wildman–Crippen MR) is 85.6 cm³/mol. The first kappa shape index (κ1) is 16.2. The molecule has 0 radical (unpaired) electrons. The van der Waals surface area contributed by atoms with E-state index in [9.17, 15) is 0 Å². The summed E-state index contributed by atoms with van der Waals surface area (Å²) < 4.78 is 1.26. The predicted octanol–water partition coefficient (Wildman–Crippen LogP) is 3.76. The molecule has 0 aliphatic carbocycles. The Bertz CT molecular complexity index is 323. The number of thiophene rings is 1. The minimum absolute atomic E-state index is 0.588. The zero-order chi connectivity index (χ0) is 13.4. The highest BCUT2D eigenvalue weighted by Gasteiger charge is 2.12. The molecule has 0 aliphatic heterocycles. The molecule has 0 amide bonds. The molecule has 1 heterocycles. The Kier molecular flexibility index (Phi) is 8.15. The Labute approximate surface area is 124 Å². The molecule has 1 atom stereocenters. The van der Waals surface area contributed by atoms with E-state index in [-0.39, 0.29) is 0 Å². The van der Waals surface area contributed by atoms with Crippen LogP contribution in [-0.4, -0.2) is 37.1 Å². The molecule has 1 unspecified atom stereocenters. The monoisotopic (exact) mass is 332 g/mol. The molecule has 4 heteroatoms. The lowest BCUT2D eigenvalue weighted by molar-refractivity contribution is 0.281. The number of hydrogen-bond donors (Lipinski definition) is 1. The summed E-state index contributed by atoms with van der Waals surface area (Å²) in [5.74, 6) is 0. The molecule has 2 nitrogen and oxygen atoms in total. The standard InChI is InChI=1S/C14H25BrN2S/c1-4-16-12(7-9-17(5-2)6-3)11-14-13(15)8-10-18-14/h8,10,12,16H,4-7,9,11H2,1-3H3. The van der Waals surface area contributed by atoms with Crippen LogP contribution in [0.15, 0.2) is 15.9 Å². The van der Waals surface area contributed by atoms with E-state index in [1.807, 2.05) is 11.3 Å². The number of hydrogen-bond acceptors (Lipinski definition) is 3. The minimum Gasteiger partial charge on any atom is -0.314 e. The van der Waals surface area contributed by atoms with Crippen molar-refractivity contribution in [1.29, 1.82) is 0 Å². The van der Waals surface area contributed by atoms with Crippen LogP contribution in [0.1, 0.15) is 32.1 Å². The smallest absolute Gasteiger partial charge is 0.0314 e. The minimum atomic E-state index is 0.588. The molecule has 1 rings (SSSR count). The first-order chi connectivity index (χ1) is 8.71. The van der Waals surface area contributed by atoms with Gasteiger partial charge in [0.15, 0.2) is 0 Å². The van der Waals surface area contributed by atoms with E-state index in [0.29, 0.717) is 6.04 Å². The molecule has 104 valence electrons. The van der Waals surface area contributed by atoms with Gasteiger partial charge in [-0.25, -0.2) is 0 Å². The molecule has 0 aliphatic rings. The SMILES string of the molecule is CCNC(CCN(CC)CC)Cc1sccc1Br. The number of halogens is 1. The zero-order valence-electron chi connectivity index (χ0n) is 11.7. The van der Waals surface area contributed by atoms with Crippen molar-refractivity contribution in [3.05, 3.63) is 20.8 Å². The summed E-state index contributed by atoms with van der Waals surface area (Å²) in [6, 6.07) is 2.73. The Hall–Kier alpha value is 0.100. The van der Waals surface area contributed by atoms with Crippen LogP contribution in [0.4, 0.5) is 0 Å². The van der Waals surface area contributed by atoms with Crippen LogP contribution >= 0.6 is 27.3 Å². The average molecular weight is 333 g/mol. The van der Waals surface area contributed by atoms with Gasteiger partial charge in [0.2, 0.25) is 0 Å². The van der Waals surface area contributed by atoms with Crippen molar-refractivity contribution in [3.8, 4) is 0 Å². The molecule has 0 spiro atoms. The Balaban J connectivity index is 2.47. The maximum Gasteiger partial charge on any atom is 0.0314 e. The largest absolute Gasteiger partial charge is 0.314 e. The number of likely N-dealkylation sites (N-methyl/N-ethyl adjacent to an activating group) is 1. The summed E-state index contributed by atoms with van der Waals surface area (Å²) in [7, 11) is 0. The van der Waals surface area contributed by atoms with Crippen LogP contribution < -0.4 is 5.32 Å². The normalized spacial score (nSPS) is 13.2. The van der Waals surface area contributed by atoms with Crippen molar-refractivity contribution >= 4 is 27.3 Å². The maximum absolute atomic E-state index is 3.63. The first-order valence-corrected chi connectivity index (χ1v) is 8.56. The fraction of sp³-hybridized carbons (Fsp3) is 0.714. The molecule has 0 saturated heterocycles. The van der Waals surface area contributed by atoms with E-state index in [0.717, 1.165) is 26.1 Å². The van der Waals surface area contributed by atoms with Gasteiger partial charge in [0.05, 0.1) is 0 Å². The molecule has 18 heavy (non-hydrogen) atoms. The van der Waals surface area contributed by atoms with Gasteiger partial charge in [-0.3, -0.25) is 0 Å². The highest BCUT2D eigenvalue weighted by Crippen LogP contribution is 2.24. The van der Waals surface area contributed by atoms with Gasteiger partial charge in [-0.15, -0.1) is 11.3 Å². The highest BCUT2D eigenvalue weighted by atomic mass is 79.9. The number of nitrogens with zero attached hydrogens (tertiary/aromatic N) is 1. The zero-order valence-corrected chi connectivity index (χ0v) is 14.1. The summed E-state index contributed by atoms with van der Waals surface area (Å²) in [5, 5.41) is 5.77. The molecule has 1 N–H and O–H groups in total. The van der Waals surface area contributed by atoms with Crippen LogP contribution in [0, 0.1) is 0 Å². The quantitative estimate of drug-likeness (QED) is 0.740. The lowest BCUT2D eigenvalue weighted by Gasteiger charge is -2.23. The molecular formula is C14H25BrN2S. The topological polar surface area (TPSA) is 15.3 Å². The van der Waals surface area contributed by atoms with E-state index < -0.39 is 0 Å². The third-order valence-corrected chi connectivity index (χ3v) is 5.25. The summed E-state index contributed by atoms with van der Waals surface area (Å²) in [6.07, 6.45) is 2.35. The van der Waals surface area contributed by atoms with Gasteiger partial charge in [0, 0.05) is 15.4 Å². The molecular weight excluding hydrogens is 308 g/mol. The lowest BCUT2D eigenvalue weighted by atomic mass is 10.1. The van der Waals surface area contributed by atoms with Gasteiger partial charge in [-0.2, -0.15) is 0 Å². The van der Waals surface area contributed by atoms with Crippen LogP contribution in [0.25, 0.3) is 0 Å². The Morgan fingerprint density at radius 2 is 2.06 bits per heavy atom. The van der Waals surface area contributed by atoms with Gasteiger partial charge in [0.25, 0.3) is 0 Å². The molecule has 0 saturated carbocycles. The summed E-state index contributed by atoms with van der Waals surface area (Å²) in [4.78, 5) is 3.95. The second kappa shape index (κ2) is 9.08. The van der Waals surface area contributed by atoms with Crippen molar-refractivity contribution < 1.29 is 0 Å². The van der Waals surface area contributed by atoms with Crippen molar-refractivity contribution in [2.45, 2.75) is 39.7 Å². The van der Waals surface area contributed by atoms with Crippen LogP contribution in [0.5, 0.6) is 0 Å². The number of rotatable bonds is 9. The van der Waals surface area contributed by atoms with Gasteiger partial charge in [0.1, 0.15) is 0 Å². The van der Waals surface area contributed by atoms with E-state index in [2.05, 4.69) is 58.4 Å². The fourth-order valence-corrected chi connectivity index (χ4v) is 3.73. The lowest BCUT2D eigenvalue weighted by Crippen LogP contribution is -2.35. The molecule has 0 fully saturated rings. The molecule has 1 aromatic heterocycles. The first-order valence-electron chi connectivity index (χ1n) is 6.88. The summed E-state index contributed by atoms with van der Waals surface area (Å²) >= 11 is 5.47. The average Bonchev–Trinajstić information content (AvgIpc) is 2.76. The van der Waals surface area contributed by atoms with E-state index >= 15 is 0 Å². The Morgan fingerprint density at radius 3 is 2.56 bits per heavy atom. The fourth-order valence-electron chi connectivity index (χ4n) is 2.14. The van der Waals surface area contributed by atoms with Crippen molar-refractivity contribution in [1.82, 2.24) is 10.2 Å². The number of nitrogens with one attached hydrogen (secondary N) is 1. The van der Waals surface area contributed by atoms with Gasteiger partial charge >= 0.3 is 0 Å². The second-order valence-electron chi connectivity index (χ2n) is 4.47. The van der Waals surface area contributed by atoms with Gasteiger partial charge < -0.3 is 10.2 Å². The Morgan fingerprint density at radius 1 is 1.33 bits per heavy atom. The van der Waals surface area contributed by atoms with E-state index in [4.69, 9.17) is 0 Å². The molecule has 0 bridgehead atoms. The third-order valence-electron chi connectivity index (χ3n) is 3.30. The van der Waals surface area contributed by atoms with E-state index in [1.165, 1.54) is 22.3 Å².